The number of rotatable bonds is 11. The van der Waals surface area contributed by atoms with Gasteiger partial charge in [-0.1, -0.05) is 48.5 Å². The second-order valence-electron chi connectivity index (χ2n) is 13.2. The molecule has 1 aliphatic rings. The van der Waals surface area contributed by atoms with Gasteiger partial charge in [0, 0.05) is 35.4 Å². The van der Waals surface area contributed by atoms with Gasteiger partial charge in [-0.25, -0.2) is 19.6 Å². The molecule has 14 nitrogen and oxygen atoms in total. The zero-order valence-corrected chi connectivity index (χ0v) is 30.5. The average molecular weight is 722 g/mol. The molecule has 14 heteroatoms. The lowest BCUT2D eigenvalue weighted by atomic mass is 9.92. The Bertz CT molecular complexity index is 2040. The van der Waals surface area contributed by atoms with Crippen molar-refractivity contribution in [3.05, 3.63) is 112 Å². The standard InChI is InChI=1S/C39H43N7O7/c1-23(44-38(49)53-39(2,3)4)36(48)52-22-24-11-13-26(14-12-24)33-30-10-8-7-9-28(30)21-43-46(33)32(47)16-15-27-17-25(19-31(50-5)34(27)51-6)18-29-20-42-37(41)45-35(29)40/h7-17,19-21,23,33H,18,22H2,1-6H3,(H,44,49)(H4,40,41,42,45)/b16-15+. The predicted molar refractivity (Wildman–Crippen MR) is 200 cm³/mol. The van der Waals surface area contributed by atoms with Crippen LogP contribution in [0.3, 0.4) is 0 Å². The van der Waals surface area contributed by atoms with Gasteiger partial charge in [0.1, 0.15) is 30.1 Å². The number of nitrogens with zero attached hydrogens (tertiary/aromatic N) is 4. The number of nitrogen functional groups attached to an aromatic ring is 2. The molecular weight excluding hydrogens is 678 g/mol. The second-order valence-corrected chi connectivity index (χ2v) is 13.2. The SMILES string of the molecule is COc1cc(Cc2cnc(N)nc2N)cc(/C=C/C(=O)N2N=Cc3ccccc3C2c2ccc(COC(=O)C(C)NC(=O)OC(C)(C)C)cc2)c1OC. The molecule has 0 aliphatic carbocycles. The Balaban J connectivity index is 1.35. The summed E-state index contributed by atoms with van der Waals surface area (Å²) in [5.41, 5.74) is 16.4. The van der Waals surface area contributed by atoms with Crippen LogP contribution in [0.5, 0.6) is 11.5 Å². The molecular formula is C39H43N7O7. The van der Waals surface area contributed by atoms with Gasteiger partial charge in [0.25, 0.3) is 5.91 Å². The van der Waals surface area contributed by atoms with E-state index < -0.39 is 29.7 Å². The van der Waals surface area contributed by atoms with E-state index in [9.17, 15) is 14.4 Å². The van der Waals surface area contributed by atoms with Crippen LogP contribution < -0.4 is 26.3 Å². The van der Waals surface area contributed by atoms with Gasteiger partial charge in [0.05, 0.1) is 20.4 Å². The molecule has 2 amide bonds. The minimum Gasteiger partial charge on any atom is -0.493 e. The summed E-state index contributed by atoms with van der Waals surface area (Å²) in [5.74, 6) is 0.270. The molecule has 0 spiro atoms. The smallest absolute Gasteiger partial charge is 0.408 e. The van der Waals surface area contributed by atoms with Gasteiger partial charge >= 0.3 is 12.1 Å². The summed E-state index contributed by atoms with van der Waals surface area (Å²) in [6.45, 7) is 6.70. The fourth-order valence-corrected chi connectivity index (χ4v) is 5.63. The Morgan fingerprint density at radius 3 is 2.42 bits per heavy atom. The molecule has 2 heterocycles. The molecule has 0 fully saturated rings. The zero-order chi connectivity index (χ0) is 38.3. The van der Waals surface area contributed by atoms with Crippen molar-refractivity contribution < 1.29 is 33.3 Å². The minimum atomic E-state index is -0.908. The highest BCUT2D eigenvalue weighted by Crippen LogP contribution is 2.36. The second kappa shape index (κ2) is 16.3. The molecule has 53 heavy (non-hydrogen) atoms. The number of hydrogen-bond acceptors (Lipinski definition) is 12. The topological polar surface area (TPSA) is 194 Å². The molecule has 4 aromatic rings. The van der Waals surface area contributed by atoms with E-state index in [0.29, 0.717) is 34.6 Å². The lowest BCUT2D eigenvalue weighted by Gasteiger charge is -2.31. The minimum absolute atomic E-state index is 0.0213. The molecule has 5 rings (SSSR count). The Morgan fingerprint density at radius 1 is 1.00 bits per heavy atom. The number of methoxy groups -OCH3 is 2. The van der Waals surface area contributed by atoms with Crippen molar-refractivity contribution in [2.45, 2.75) is 58.4 Å². The summed E-state index contributed by atoms with van der Waals surface area (Å²) in [6.07, 6.45) is 5.99. The van der Waals surface area contributed by atoms with Crippen molar-refractivity contribution in [3.8, 4) is 11.5 Å². The summed E-state index contributed by atoms with van der Waals surface area (Å²) >= 11 is 0. The number of ether oxygens (including phenoxy) is 4. The molecule has 0 saturated heterocycles. The number of hydrogen-bond donors (Lipinski definition) is 3. The van der Waals surface area contributed by atoms with E-state index in [4.69, 9.17) is 30.4 Å². The van der Waals surface area contributed by atoms with Crippen LogP contribution in [-0.4, -0.2) is 65.0 Å². The molecule has 276 valence electrons. The molecule has 5 N–H and O–H groups in total. The van der Waals surface area contributed by atoms with E-state index in [0.717, 1.165) is 22.3 Å². The van der Waals surface area contributed by atoms with E-state index in [2.05, 4.69) is 20.4 Å². The summed E-state index contributed by atoms with van der Waals surface area (Å²) in [7, 11) is 3.06. The van der Waals surface area contributed by atoms with E-state index in [1.54, 1.807) is 39.3 Å². The third-order valence-electron chi connectivity index (χ3n) is 8.13. The van der Waals surface area contributed by atoms with Crippen LogP contribution in [0, 0.1) is 0 Å². The van der Waals surface area contributed by atoms with Crippen molar-refractivity contribution in [2.75, 3.05) is 25.7 Å². The summed E-state index contributed by atoms with van der Waals surface area (Å²) in [6, 6.07) is 17.3. The number of anilines is 2. The largest absolute Gasteiger partial charge is 0.493 e. The first-order chi connectivity index (χ1) is 25.3. The fraction of sp³-hybridized carbons (Fsp3) is 0.282. The lowest BCUT2D eigenvalue weighted by Crippen LogP contribution is -2.42. The van der Waals surface area contributed by atoms with Crippen molar-refractivity contribution >= 4 is 42.0 Å². The van der Waals surface area contributed by atoms with Gasteiger partial charge in [-0.2, -0.15) is 10.1 Å². The van der Waals surface area contributed by atoms with Gasteiger partial charge in [0.15, 0.2) is 11.5 Å². The Morgan fingerprint density at radius 2 is 1.74 bits per heavy atom. The number of carbonyl (C=O) groups excluding carboxylic acids is 3. The number of aromatic nitrogens is 2. The molecule has 1 aromatic heterocycles. The number of nitrogens with one attached hydrogen (secondary N) is 1. The predicted octanol–water partition coefficient (Wildman–Crippen LogP) is 5.18. The molecule has 3 aromatic carbocycles. The number of hydrazone groups is 1. The Hall–Kier alpha value is -6.44. The fourth-order valence-electron chi connectivity index (χ4n) is 5.63. The number of carbonyl (C=O) groups is 3. The van der Waals surface area contributed by atoms with Crippen LogP contribution in [-0.2, 0) is 32.1 Å². The van der Waals surface area contributed by atoms with Crippen LogP contribution in [0.2, 0.25) is 0 Å². The quantitative estimate of drug-likeness (QED) is 0.136. The normalized spacial score (nSPS) is 14.3. The third kappa shape index (κ3) is 9.47. The highest BCUT2D eigenvalue weighted by Gasteiger charge is 2.30. The van der Waals surface area contributed by atoms with Crippen LogP contribution >= 0.6 is 0 Å². The van der Waals surface area contributed by atoms with Crippen molar-refractivity contribution in [1.29, 1.82) is 0 Å². The van der Waals surface area contributed by atoms with E-state index in [-0.39, 0.29) is 24.3 Å². The molecule has 1 aliphatic heterocycles. The van der Waals surface area contributed by atoms with Gasteiger partial charge in [0.2, 0.25) is 5.95 Å². The van der Waals surface area contributed by atoms with Crippen LogP contribution in [0.15, 0.2) is 78.0 Å². The zero-order valence-electron chi connectivity index (χ0n) is 30.5. The van der Waals surface area contributed by atoms with Crippen molar-refractivity contribution in [3.63, 3.8) is 0 Å². The van der Waals surface area contributed by atoms with Gasteiger partial charge in [-0.15, -0.1) is 0 Å². The van der Waals surface area contributed by atoms with Gasteiger partial charge in [-0.3, -0.25) is 4.79 Å². The summed E-state index contributed by atoms with van der Waals surface area (Å²) in [5, 5.41) is 8.45. The monoisotopic (exact) mass is 721 g/mol. The highest BCUT2D eigenvalue weighted by molar-refractivity contribution is 5.95. The summed E-state index contributed by atoms with van der Waals surface area (Å²) in [4.78, 5) is 46.7. The van der Waals surface area contributed by atoms with Crippen LogP contribution in [0.4, 0.5) is 16.6 Å². The number of nitrogens with two attached hydrogens (primary N) is 2. The Labute approximate surface area is 307 Å². The first kappa shape index (κ1) is 37.8. The number of esters is 1. The van der Waals surface area contributed by atoms with E-state index >= 15 is 0 Å². The first-order valence-electron chi connectivity index (χ1n) is 16.8. The molecule has 2 unspecified atom stereocenters. The number of benzene rings is 3. The maximum atomic E-state index is 13.9. The van der Waals surface area contributed by atoms with Gasteiger partial charge in [-0.05, 0) is 68.2 Å². The molecule has 2 atom stereocenters. The lowest BCUT2D eigenvalue weighted by molar-refractivity contribution is -0.147. The summed E-state index contributed by atoms with van der Waals surface area (Å²) < 4.78 is 21.9. The maximum Gasteiger partial charge on any atom is 0.408 e. The van der Waals surface area contributed by atoms with Gasteiger partial charge < -0.3 is 35.7 Å². The Kier molecular flexibility index (Phi) is 11.6. The molecule has 0 saturated carbocycles. The van der Waals surface area contributed by atoms with Crippen molar-refractivity contribution in [1.82, 2.24) is 20.3 Å². The number of fused-ring (bicyclic) bond motifs is 1. The maximum absolute atomic E-state index is 13.9. The molecule has 0 bridgehead atoms. The molecule has 0 radical (unpaired) electrons. The van der Waals surface area contributed by atoms with Crippen LogP contribution in [0.1, 0.15) is 72.7 Å². The average Bonchev–Trinajstić information content (AvgIpc) is 3.12. The van der Waals surface area contributed by atoms with E-state index in [1.165, 1.54) is 32.2 Å². The number of amides is 2. The first-order valence-corrected chi connectivity index (χ1v) is 16.8. The highest BCUT2D eigenvalue weighted by atomic mass is 16.6. The number of alkyl carbamates (subject to hydrolysis) is 1. The van der Waals surface area contributed by atoms with Crippen LogP contribution in [0.25, 0.3) is 6.08 Å². The third-order valence-corrected chi connectivity index (χ3v) is 8.13. The van der Waals surface area contributed by atoms with E-state index in [1.807, 2.05) is 60.7 Å². The van der Waals surface area contributed by atoms with Crippen molar-refractivity contribution in [2.24, 2.45) is 5.10 Å².